The first kappa shape index (κ1) is 18.4. The van der Waals surface area contributed by atoms with Crippen LogP contribution in [0.5, 0.6) is 0 Å². The van der Waals surface area contributed by atoms with Crippen LogP contribution in [0.2, 0.25) is 0 Å². The Labute approximate surface area is 173 Å². The number of rotatable bonds is 3. The van der Waals surface area contributed by atoms with E-state index in [9.17, 15) is 9.59 Å². The zero-order valence-electron chi connectivity index (χ0n) is 16.2. The SMILES string of the molecule is O=C1OC2(CCC(C(=O)Nc3cnc(-c4ccccc4)cn3)CC2)c2cnccc21. The fourth-order valence-corrected chi connectivity index (χ4v) is 4.32. The first-order valence-electron chi connectivity index (χ1n) is 10.0. The number of ether oxygens (including phenoxy) is 1. The number of aromatic nitrogens is 3. The van der Waals surface area contributed by atoms with Gasteiger partial charge in [-0.2, -0.15) is 0 Å². The van der Waals surface area contributed by atoms with Gasteiger partial charge in [0.1, 0.15) is 5.60 Å². The number of pyridine rings is 1. The fraction of sp³-hybridized carbons (Fsp3) is 0.261. The average Bonchev–Trinajstić information content (AvgIpc) is 3.07. The number of hydrogen-bond acceptors (Lipinski definition) is 6. The molecule has 5 rings (SSSR count). The Morgan fingerprint density at radius 1 is 1.03 bits per heavy atom. The van der Waals surface area contributed by atoms with Crippen molar-refractivity contribution in [1.29, 1.82) is 0 Å². The van der Waals surface area contributed by atoms with Gasteiger partial charge in [-0.1, -0.05) is 30.3 Å². The maximum absolute atomic E-state index is 12.7. The summed E-state index contributed by atoms with van der Waals surface area (Å²) >= 11 is 0. The van der Waals surface area contributed by atoms with E-state index < -0.39 is 5.60 Å². The van der Waals surface area contributed by atoms with Gasteiger partial charge in [-0.3, -0.25) is 14.8 Å². The molecule has 1 aliphatic heterocycles. The van der Waals surface area contributed by atoms with Crippen LogP contribution in [0, 0.1) is 5.92 Å². The molecule has 1 aliphatic carbocycles. The van der Waals surface area contributed by atoms with Crippen molar-refractivity contribution < 1.29 is 14.3 Å². The molecule has 3 heterocycles. The molecular weight excluding hydrogens is 380 g/mol. The van der Waals surface area contributed by atoms with Crippen molar-refractivity contribution in [2.24, 2.45) is 5.92 Å². The van der Waals surface area contributed by atoms with Gasteiger partial charge in [0.2, 0.25) is 5.91 Å². The number of nitrogens with one attached hydrogen (secondary N) is 1. The van der Waals surface area contributed by atoms with Crippen molar-refractivity contribution in [1.82, 2.24) is 15.0 Å². The molecule has 7 nitrogen and oxygen atoms in total. The van der Waals surface area contributed by atoms with Crippen molar-refractivity contribution in [2.75, 3.05) is 5.32 Å². The maximum atomic E-state index is 12.7. The quantitative estimate of drug-likeness (QED) is 0.673. The van der Waals surface area contributed by atoms with Gasteiger partial charge in [-0.15, -0.1) is 0 Å². The van der Waals surface area contributed by atoms with E-state index in [4.69, 9.17) is 4.74 Å². The number of carbonyl (C=O) groups is 2. The highest BCUT2D eigenvalue weighted by Gasteiger charge is 2.48. The zero-order valence-corrected chi connectivity index (χ0v) is 16.2. The molecule has 0 bridgehead atoms. The number of benzene rings is 1. The summed E-state index contributed by atoms with van der Waals surface area (Å²) in [5, 5.41) is 2.86. The summed E-state index contributed by atoms with van der Waals surface area (Å²) < 4.78 is 5.73. The Balaban J connectivity index is 1.23. The summed E-state index contributed by atoms with van der Waals surface area (Å²) in [6.07, 6.45) is 9.01. The molecule has 2 aromatic heterocycles. The summed E-state index contributed by atoms with van der Waals surface area (Å²) in [7, 11) is 0. The second-order valence-electron chi connectivity index (χ2n) is 7.72. The Morgan fingerprint density at radius 3 is 2.57 bits per heavy atom. The van der Waals surface area contributed by atoms with E-state index >= 15 is 0 Å². The topological polar surface area (TPSA) is 94.1 Å². The Morgan fingerprint density at radius 2 is 1.83 bits per heavy atom. The lowest BCUT2D eigenvalue weighted by Crippen LogP contribution is -2.36. The number of esters is 1. The van der Waals surface area contributed by atoms with Gasteiger partial charge in [0.25, 0.3) is 0 Å². The highest BCUT2D eigenvalue weighted by atomic mass is 16.6. The predicted molar refractivity (Wildman–Crippen MR) is 109 cm³/mol. The Kier molecular flexibility index (Phi) is 4.50. The molecule has 1 amide bonds. The molecule has 150 valence electrons. The number of fused-ring (bicyclic) bond motifs is 2. The van der Waals surface area contributed by atoms with E-state index in [1.54, 1.807) is 30.9 Å². The Bertz CT molecular complexity index is 1090. The molecule has 2 aliphatic rings. The Hall–Kier alpha value is -3.61. The smallest absolute Gasteiger partial charge is 0.339 e. The molecule has 1 N–H and O–H groups in total. The third-order valence-electron chi connectivity index (χ3n) is 5.96. The number of hydrogen-bond donors (Lipinski definition) is 1. The van der Waals surface area contributed by atoms with Crippen molar-refractivity contribution in [3.8, 4) is 11.3 Å². The lowest BCUT2D eigenvalue weighted by molar-refractivity contribution is -0.122. The average molecular weight is 400 g/mol. The summed E-state index contributed by atoms with van der Waals surface area (Å²) in [5.41, 5.74) is 2.51. The van der Waals surface area contributed by atoms with E-state index in [2.05, 4.69) is 20.3 Å². The minimum absolute atomic E-state index is 0.0812. The van der Waals surface area contributed by atoms with Gasteiger partial charge in [0.15, 0.2) is 5.82 Å². The van der Waals surface area contributed by atoms with Crippen molar-refractivity contribution >= 4 is 17.7 Å². The molecule has 7 heteroatoms. The summed E-state index contributed by atoms with van der Waals surface area (Å²) in [6, 6.07) is 11.5. The summed E-state index contributed by atoms with van der Waals surface area (Å²) in [5.74, 6) is -0.112. The lowest BCUT2D eigenvalue weighted by Gasteiger charge is -2.35. The lowest BCUT2D eigenvalue weighted by atomic mass is 9.75. The van der Waals surface area contributed by atoms with E-state index in [0.29, 0.717) is 37.1 Å². The molecule has 1 fully saturated rings. The molecule has 30 heavy (non-hydrogen) atoms. The van der Waals surface area contributed by atoms with Crippen LogP contribution in [-0.4, -0.2) is 26.8 Å². The van der Waals surface area contributed by atoms with Crippen LogP contribution < -0.4 is 5.32 Å². The number of amides is 1. The monoisotopic (exact) mass is 400 g/mol. The predicted octanol–water partition coefficient (Wildman–Crippen LogP) is 3.73. The van der Waals surface area contributed by atoms with Gasteiger partial charge >= 0.3 is 5.97 Å². The van der Waals surface area contributed by atoms with Gasteiger partial charge in [0.05, 0.1) is 23.7 Å². The largest absolute Gasteiger partial charge is 0.450 e. The molecule has 0 unspecified atom stereocenters. The molecule has 3 aromatic rings. The van der Waals surface area contributed by atoms with Crippen molar-refractivity contribution in [2.45, 2.75) is 31.3 Å². The van der Waals surface area contributed by atoms with Crippen LogP contribution in [0.3, 0.4) is 0 Å². The highest BCUT2D eigenvalue weighted by Crippen LogP contribution is 2.47. The second-order valence-corrected chi connectivity index (χ2v) is 7.72. The summed E-state index contributed by atoms with van der Waals surface area (Å²) in [4.78, 5) is 37.8. The first-order chi connectivity index (χ1) is 14.6. The first-order valence-corrected chi connectivity index (χ1v) is 10.0. The number of nitrogens with zero attached hydrogens (tertiary/aromatic N) is 3. The van der Waals surface area contributed by atoms with Crippen LogP contribution in [0.4, 0.5) is 5.82 Å². The fourth-order valence-electron chi connectivity index (χ4n) is 4.32. The maximum Gasteiger partial charge on any atom is 0.339 e. The second kappa shape index (κ2) is 7.33. The van der Waals surface area contributed by atoms with Crippen LogP contribution in [0.15, 0.2) is 61.2 Å². The third-order valence-corrected chi connectivity index (χ3v) is 5.96. The van der Waals surface area contributed by atoms with E-state index in [1.165, 1.54) is 0 Å². The van der Waals surface area contributed by atoms with Gasteiger partial charge in [-0.25, -0.2) is 9.78 Å². The molecule has 1 aromatic carbocycles. The van der Waals surface area contributed by atoms with Crippen molar-refractivity contribution in [3.05, 3.63) is 72.3 Å². The number of carbonyl (C=O) groups excluding carboxylic acids is 2. The van der Waals surface area contributed by atoms with E-state index in [1.807, 2.05) is 30.3 Å². The molecular formula is C23H20N4O3. The minimum Gasteiger partial charge on any atom is -0.450 e. The molecule has 1 saturated carbocycles. The molecule has 0 saturated heterocycles. The zero-order chi connectivity index (χ0) is 20.6. The van der Waals surface area contributed by atoms with Crippen LogP contribution >= 0.6 is 0 Å². The van der Waals surface area contributed by atoms with E-state index in [0.717, 1.165) is 16.8 Å². The van der Waals surface area contributed by atoms with Crippen LogP contribution in [0.1, 0.15) is 41.6 Å². The normalized spacial score (nSPS) is 22.4. The van der Waals surface area contributed by atoms with Crippen molar-refractivity contribution in [3.63, 3.8) is 0 Å². The third kappa shape index (κ3) is 3.22. The van der Waals surface area contributed by atoms with Gasteiger partial charge in [-0.05, 0) is 31.7 Å². The van der Waals surface area contributed by atoms with E-state index in [-0.39, 0.29) is 17.8 Å². The van der Waals surface area contributed by atoms with Gasteiger partial charge < -0.3 is 10.1 Å². The number of anilines is 1. The molecule has 0 atom stereocenters. The summed E-state index contributed by atoms with van der Waals surface area (Å²) in [6.45, 7) is 0. The van der Waals surface area contributed by atoms with Crippen LogP contribution in [-0.2, 0) is 15.1 Å². The van der Waals surface area contributed by atoms with Crippen LogP contribution in [0.25, 0.3) is 11.3 Å². The molecule has 1 spiro atoms. The highest BCUT2D eigenvalue weighted by molar-refractivity contribution is 5.95. The minimum atomic E-state index is -0.644. The standard InChI is InChI=1S/C23H20N4O3/c28-21(27-20-14-25-19(13-26-20)15-4-2-1-3-5-15)16-6-9-23(10-7-16)18-12-24-11-8-17(18)22(29)30-23/h1-5,8,11-14,16H,6-7,9-10H2,(H,26,27,28). The van der Waals surface area contributed by atoms with Gasteiger partial charge in [0, 0.05) is 29.4 Å². The molecule has 0 radical (unpaired) electrons.